The summed E-state index contributed by atoms with van der Waals surface area (Å²) in [5.41, 5.74) is 9.62. The minimum Gasteiger partial charge on any atom is -0.504 e. The Bertz CT molecular complexity index is 1550. The van der Waals surface area contributed by atoms with Gasteiger partial charge >= 0.3 is 0 Å². The minimum absolute atomic E-state index is 0.0254. The number of para-hydroxylation sites is 3. The highest BCUT2D eigenvalue weighted by Crippen LogP contribution is 2.29. The normalized spacial score (nSPS) is 11.1. The number of thiocarbonyl (C=S) groups is 3. The van der Waals surface area contributed by atoms with E-state index in [4.69, 9.17) is 50.9 Å². The number of aromatic hydroxyl groups is 3. The smallest absolute Gasteiger partial charge is 0.187 e. The molecule has 0 amide bonds. The predicted molar refractivity (Wildman–Crippen MR) is 214 cm³/mol. The van der Waals surface area contributed by atoms with Crippen molar-refractivity contribution in [1.29, 1.82) is 0 Å². The molecule has 3 aromatic carbocycles. The number of methoxy groups -OCH3 is 3. The molecule has 0 aliphatic heterocycles. The Morgan fingerprint density at radius 1 is 0.558 bits per heavy atom. The molecule has 0 fully saturated rings. The molecule has 0 heterocycles. The van der Waals surface area contributed by atoms with Gasteiger partial charge in [0, 0.05) is 56.0 Å². The van der Waals surface area contributed by atoms with Gasteiger partial charge in [-0.05, 0) is 73.1 Å². The summed E-state index contributed by atoms with van der Waals surface area (Å²) < 4.78 is 15.4. The second-order valence-electron chi connectivity index (χ2n) is 10.4. The third-order valence-corrected chi connectivity index (χ3v) is 7.71. The van der Waals surface area contributed by atoms with Crippen LogP contribution in [-0.2, 0) is 0 Å². The van der Waals surface area contributed by atoms with E-state index >= 15 is 0 Å². The molecular weight excluding hydrogens is 729 g/mol. The molecule has 0 aliphatic carbocycles. The van der Waals surface area contributed by atoms with Gasteiger partial charge in [-0.25, -0.2) is 0 Å². The van der Waals surface area contributed by atoms with Gasteiger partial charge in [0.05, 0.1) is 40.0 Å². The van der Waals surface area contributed by atoms with Crippen LogP contribution in [0.15, 0.2) is 69.9 Å². The highest BCUT2D eigenvalue weighted by Gasteiger charge is 2.09. The summed E-state index contributed by atoms with van der Waals surface area (Å²) in [7, 11) is 4.41. The van der Waals surface area contributed by atoms with Crippen molar-refractivity contribution in [2.45, 2.75) is 0 Å². The Balaban J connectivity index is 1.49. The number of nitrogens with one attached hydrogen (secondary N) is 6. The molecule has 0 spiro atoms. The first kappa shape index (κ1) is 40.9. The van der Waals surface area contributed by atoms with Gasteiger partial charge in [0.1, 0.15) is 0 Å². The van der Waals surface area contributed by atoms with Crippen LogP contribution >= 0.6 is 36.7 Å². The summed E-state index contributed by atoms with van der Waals surface area (Å²) in [6.07, 6.45) is 4.32. The highest BCUT2D eigenvalue weighted by molar-refractivity contribution is 7.80. The zero-order chi connectivity index (χ0) is 37.7. The monoisotopic (exact) mass is 770 g/mol. The first-order chi connectivity index (χ1) is 25.2. The number of ether oxygens (including phenoxy) is 3. The van der Waals surface area contributed by atoms with Gasteiger partial charge in [0.25, 0.3) is 0 Å². The maximum absolute atomic E-state index is 10.2. The standard InChI is InChI=1S/C33H42N10O6S3/c1-47-25-10-4-7-22(28(25)44)19-37-40-31(50)34-13-16-43(17-14-35-32(51)41-38-20-23-8-5-11-26(48-2)29(23)45)18-15-36-33(52)42-39-21-24-9-6-12-27(49-3)30(24)46/h4-12,19-21,44-46H,13-18H2,1-3H3,(H2,34,40,50)(H2,35,41,51)(H2,36,42,52)/b37-19+,38-20+,39-21+. The molecule has 0 aromatic heterocycles. The van der Waals surface area contributed by atoms with Crippen molar-refractivity contribution in [3.63, 3.8) is 0 Å². The number of rotatable bonds is 18. The van der Waals surface area contributed by atoms with Crippen molar-refractivity contribution in [1.82, 2.24) is 37.1 Å². The van der Waals surface area contributed by atoms with Gasteiger partial charge in [-0.1, -0.05) is 18.2 Å². The van der Waals surface area contributed by atoms with E-state index in [9.17, 15) is 15.3 Å². The molecule has 0 bridgehead atoms. The van der Waals surface area contributed by atoms with Gasteiger partial charge in [-0.3, -0.25) is 21.2 Å². The lowest BCUT2D eigenvalue weighted by Crippen LogP contribution is -2.45. The average Bonchev–Trinajstić information content (AvgIpc) is 3.13. The van der Waals surface area contributed by atoms with Gasteiger partial charge < -0.3 is 45.5 Å². The molecule has 0 radical (unpaired) electrons. The molecule has 19 heteroatoms. The molecule has 0 saturated heterocycles. The number of hydrazone groups is 3. The van der Waals surface area contributed by atoms with Crippen LogP contribution in [0.2, 0.25) is 0 Å². The van der Waals surface area contributed by atoms with Gasteiger partial charge in [-0.15, -0.1) is 0 Å². The van der Waals surface area contributed by atoms with E-state index in [2.05, 4.69) is 52.4 Å². The third kappa shape index (κ3) is 13.7. The SMILES string of the molecule is COc1cccc(/C=N/NC(=S)NCCN(CCNC(=S)N/N=C/c2cccc(OC)c2O)CCNC(=S)N/N=C/c2cccc(OC)c2O)c1O. The Morgan fingerprint density at radius 3 is 1.12 bits per heavy atom. The molecule has 3 rings (SSSR count). The largest absolute Gasteiger partial charge is 0.504 e. The Hall–Kier alpha value is -5.50. The second kappa shape index (κ2) is 22.3. The van der Waals surface area contributed by atoms with Gasteiger partial charge in [0.2, 0.25) is 0 Å². The summed E-state index contributed by atoms with van der Waals surface area (Å²) in [6, 6.07) is 15.2. The lowest BCUT2D eigenvalue weighted by Gasteiger charge is -2.23. The summed E-state index contributed by atoms with van der Waals surface area (Å²) in [5, 5.41) is 53.2. The molecule has 0 aliphatic rings. The van der Waals surface area contributed by atoms with Crippen LogP contribution < -0.4 is 46.4 Å². The van der Waals surface area contributed by atoms with Crippen molar-refractivity contribution >= 4 is 70.6 Å². The third-order valence-electron chi connectivity index (χ3n) is 7.00. The van der Waals surface area contributed by atoms with E-state index in [1.165, 1.54) is 40.0 Å². The molecule has 0 saturated carbocycles. The summed E-state index contributed by atoms with van der Waals surface area (Å²) >= 11 is 16.1. The molecule has 16 nitrogen and oxygen atoms in total. The Morgan fingerprint density at radius 2 is 0.846 bits per heavy atom. The maximum atomic E-state index is 10.2. The van der Waals surface area contributed by atoms with Crippen LogP contribution in [0.3, 0.4) is 0 Å². The van der Waals surface area contributed by atoms with E-state index in [1.807, 2.05) is 0 Å². The van der Waals surface area contributed by atoms with Crippen LogP contribution in [0.4, 0.5) is 0 Å². The number of benzene rings is 3. The molecule has 278 valence electrons. The van der Waals surface area contributed by atoms with Gasteiger partial charge in [0.15, 0.2) is 49.8 Å². The van der Waals surface area contributed by atoms with E-state index in [0.717, 1.165) is 0 Å². The van der Waals surface area contributed by atoms with Crippen LogP contribution in [0.1, 0.15) is 16.7 Å². The zero-order valence-electron chi connectivity index (χ0n) is 28.8. The number of nitrogens with zero attached hydrogens (tertiary/aromatic N) is 4. The fraction of sp³-hybridized carbons (Fsp3) is 0.273. The van der Waals surface area contributed by atoms with Crippen LogP contribution in [0, 0.1) is 0 Å². The maximum Gasteiger partial charge on any atom is 0.187 e. The fourth-order valence-corrected chi connectivity index (χ4v) is 4.81. The fourth-order valence-electron chi connectivity index (χ4n) is 4.34. The molecular formula is C33H42N10O6S3. The summed E-state index contributed by atoms with van der Waals surface area (Å²) in [6.45, 7) is 3.23. The average molecular weight is 771 g/mol. The summed E-state index contributed by atoms with van der Waals surface area (Å²) in [5.74, 6) is 0.936. The van der Waals surface area contributed by atoms with Crippen molar-refractivity contribution in [3.8, 4) is 34.5 Å². The van der Waals surface area contributed by atoms with Crippen molar-refractivity contribution < 1.29 is 29.5 Å². The number of phenols is 3. The zero-order valence-corrected chi connectivity index (χ0v) is 31.2. The Labute approximate surface area is 317 Å². The molecule has 0 unspecified atom stereocenters. The summed E-state index contributed by atoms with van der Waals surface area (Å²) in [4.78, 5) is 2.15. The molecule has 52 heavy (non-hydrogen) atoms. The lowest BCUT2D eigenvalue weighted by atomic mass is 10.2. The number of hydrogen-bond donors (Lipinski definition) is 9. The van der Waals surface area contributed by atoms with Crippen LogP contribution in [0.25, 0.3) is 0 Å². The Kier molecular flexibility index (Phi) is 17.6. The van der Waals surface area contributed by atoms with Crippen LogP contribution in [0.5, 0.6) is 34.5 Å². The molecule has 3 aromatic rings. The lowest BCUT2D eigenvalue weighted by molar-refractivity contribution is 0.286. The molecule has 9 N–H and O–H groups in total. The second-order valence-corrected chi connectivity index (χ2v) is 11.6. The van der Waals surface area contributed by atoms with E-state index in [1.54, 1.807) is 54.6 Å². The van der Waals surface area contributed by atoms with E-state index in [0.29, 0.717) is 88.5 Å². The number of hydrogen-bond acceptors (Lipinski definition) is 13. The van der Waals surface area contributed by atoms with E-state index in [-0.39, 0.29) is 17.2 Å². The van der Waals surface area contributed by atoms with Crippen molar-refractivity contribution in [3.05, 3.63) is 71.3 Å². The van der Waals surface area contributed by atoms with Crippen LogP contribution in [-0.4, -0.2) is 115 Å². The predicted octanol–water partition coefficient (Wildman–Crippen LogP) is 1.93. The first-order valence-electron chi connectivity index (χ1n) is 15.7. The van der Waals surface area contributed by atoms with Gasteiger partial charge in [-0.2, -0.15) is 15.3 Å². The van der Waals surface area contributed by atoms with Crippen molar-refractivity contribution in [2.24, 2.45) is 15.3 Å². The molecule has 0 atom stereocenters. The number of phenolic OH excluding ortho intramolecular Hbond substituents is 3. The van der Waals surface area contributed by atoms with E-state index < -0.39 is 0 Å². The first-order valence-corrected chi connectivity index (χ1v) is 16.9. The topological polar surface area (TPSA) is 201 Å². The minimum atomic E-state index is -0.0254. The van der Waals surface area contributed by atoms with Crippen molar-refractivity contribution in [2.75, 3.05) is 60.6 Å². The highest BCUT2D eigenvalue weighted by atomic mass is 32.1. The quantitative estimate of drug-likeness (QED) is 0.0516.